The maximum absolute atomic E-state index is 3.79. The zero-order valence-electron chi connectivity index (χ0n) is 45.9. The first-order valence-electron chi connectivity index (χ1n) is 33.4. The summed E-state index contributed by atoms with van der Waals surface area (Å²) in [6.07, 6.45) is 84.9. The van der Waals surface area contributed by atoms with Crippen molar-refractivity contribution in [3.05, 3.63) is 0 Å². The second-order valence-corrected chi connectivity index (χ2v) is 27.2. The lowest BCUT2D eigenvalue weighted by Gasteiger charge is -2.82. The minimum absolute atomic E-state index is 0.273. The second kappa shape index (κ2) is 27.5. The minimum atomic E-state index is 0.273. The Morgan fingerprint density at radius 2 is 0.426 bits per heavy atom. The summed E-state index contributed by atoms with van der Waals surface area (Å²) in [5, 5.41) is 0. The van der Waals surface area contributed by atoms with Crippen molar-refractivity contribution >= 4 is 0 Å². The van der Waals surface area contributed by atoms with Gasteiger partial charge in [-0.3, -0.25) is 9.80 Å². The highest BCUT2D eigenvalue weighted by Crippen LogP contribution is 2.79. The second-order valence-electron chi connectivity index (χ2n) is 27.2. The van der Waals surface area contributed by atoms with Crippen LogP contribution in [0.2, 0.25) is 0 Å². The Labute approximate surface area is 425 Å². The Morgan fingerprint density at radius 1 is 0.206 bits per heavy atom. The van der Waals surface area contributed by atoms with E-state index in [0.29, 0.717) is 10.8 Å². The van der Waals surface area contributed by atoms with E-state index < -0.39 is 0 Å². The molecule has 2 unspecified atom stereocenters. The Bertz CT molecular complexity index is 1220. The average molecular weight is 940 g/mol. The van der Waals surface area contributed by atoms with Gasteiger partial charge in [0.1, 0.15) is 0 Å². The van der Waals surface area contributed by atoms with E-state index in [9.17, 15) is 0 Å². The number of hydrogen-bond donors (Lipinski definition) is 0. The van der Waals surface area contributed by atoms with Crippen molar-refractivity contribution in [2.24, 2.45) is 34.5 Å². The first-order chi connectivity index (χ1) is 33.8. The summed E-state index contributed by atoms with van der Waals surface area (Å²) >= 11 is 0. The fourth-order valence-corrected chi connectivity index (χ4v) is 20.7. The molecule has 9 rings (SSSR count). The predicted octanol–water partition coefficient (Wildman–Crippen LogP) is 20.8. The summed E-state index contributed by atoms with van der Waals surface area (Å²) in [5.74, 6) is 3.85. The van der Waals surface area contributed by atoms with Crippen molar-refractivity contribution in [1.29, 1.82) is 0 Å². The van der Waals surface area contributed by atoms with Gasteiger partial charge in [0.05, 0.1) is 5.66 Å². The van der Waals surface area contributed by atoms with Crippen LogP contribution < -0.4 is 0 Å². The Hall–Kier alpha value is -0.0800. The topological polar surface area (TPSA) is 6.48 Å². The molecule has 392 valence electrons. The number of hydrogen-bond acceptors (Lipinski definition) is 2. The van der Waals surface area contributed by atoms with E-state index in [1.807, 2.05) is 0 Å². The van der Waals surface area contributed by atoms with Crippen LogP contribution in [0.5, 0.6) is 0 Å². The van der Waals surface area contributed by atoms with Crippen LogP contribution in [0.15, 0.2) is 0 Å². The SMILES string of the molecule is C1CCCC(N(C2CCCCCCC2)C2(N(C3CCCCCCC3)C3CCCCCCC3)CC3(C4CCCCCCC4)C2CCCCCC3(C2CCCCCCC2)C2CCCCCCC2)CCC1. The largest absolute Gasteiger partial charge is 0.279 e. The zero-order valence-corrected chi connectivity index (χ0v) is 45.9. The lowest BCUT2D eigenvalue weighted by atomic mass is 9.30. The van der Waals surface area contributed by atoms with Gasteiger partial charge in [0, 0.05) is 24.2 Å². The van der Waals surface area contributed by atoms with E-state index in [-0.39, 0.29) is 5.66 Å². The van der Waals surface area contributed by atoms with Gasteiger partial charge in [0.2, 0.25) is 0 Å². The molecule has 0 saturated heterocycles. The smallest absolute Gasteiger partial charge is 0.0787 e. The molecule has 0 aliphatic heterocycles. The van der Waals surface area contributed by atoms with Crippen LogP contribution in [0, 0.1) is 34.5 Å². The van der Waals surface area contributed by atoms with Crippen molar-refractivity contribution in [3.63, 3.8) is 0 Å². The molecular formula is C66H118N2. The van der Waals surface area contributed by atoms with Crippen LogP contribution in [-0.2, 0) is 0 Å². The fourth-order valence-electron chi connectivity index (χ4n) is 20.7. The van der Waals surface area contributed by atoms with Gasteiger partial charge in [0.25, 0.3) is 0 Å². The maximum atomic E-state index is 3.79. The molecule has 0 spiro atoms. The average Bonchev–Trinajstić information content (AvgIpc) is 3.24. The lowest BCUT2D eigenvalue weighted by Crippen LogP contribution is -2.85. The van der Waals surface area contributed by atoms with Gasteiger partial charge >= 0.3 is 0 Å². The van der Waals surface area contributed by atoms with Crippen molar-refractivity contribution in [2.75, 3.05) is 0 Å². The van der Waals surface area contributed by atoms with E-state index in [1.165, 1.54) is 238 Å². The van der Waals surface area contributed by atoms with Gasteiger partial charge in [-0.1, -0.05) is 244 Å². The third kappa shape index (κ3) is 12.0. The van der Waals surface area contributed by atoms with E-state index in [4.69, 9.17) is 0 Å². The molecule has 9 aliphatic carbocycles. The molecule has 0 aromatic heterocycles. The summed E-state index contributed by atoms with van der Waals surface area (Å²) < 4.78 is 0. The van der Waals surface area contributed by atoms with Crippen LogP contribution in [0.25, 0.3) is 0 Å². The third-order valence-electron chi connectivity index (χ3n) is 23.5. The Kier molecular flexibility index (Phi) is 21.3. The van der Waals surface area contributed by atoms with Crippen LogP contribution in [0.3, 0.4) is 0 Å². The maximum Gasteiger partial charge on any atom is 0.0787 e. The van der Waals surface area contributed by atoms with Crippen molar-refractivity contribution in [1.82, 2.24) is 9.80 Å². The number of rotatable bonds is 9. The molecule has 0 aromatic rings. The highest BCUT2D eigenvalue weighted by atomic mass is 15.5. The quantitative estimate of drug-likeness (QED) is 0.213. The van der Waals surface area contributed by atoms with E-state index in [1.54, 1.807) is 116 Å². The minimum Gasteiger partial charge on any atom is -0.279 e. The van der Waals surface area contributed by atoms with Crippen molar-refractivity contribution in [2.45, 2.75) is 383 Å². The van der Waals surface area contributed by atoms with Gasteiger partial charge in [0.15, 0.2) is 0 Å². The van der Waals surface area contributed by atoms with E-state index in [2.05, 4.69) is 9.80 Å². The normalized spacial score (nSPS) is 33.0. The predicted molar refractivity (Wildman–Crippen MR) is 294 cm³/mol. The monoisotopic (exact) mass is 939 g/mol. The molecule has 2 nitrogen and oxygen atoms in total. The zero-order chi connectivity index (χ0) is 46.2. The molecule has 0 aromatic carbocycles. The molecular weight excluding hydrogens is 821 g/mol. The van der Waals surface area contributed by atoms with Crippen molar-refractivity contribution in [3.8, 4) is 0 Å². The summed E-state index contributed by atoms with van der Waals surface area (Å²) in [5.41, 5.74) is 1.36. The fraction of sp³-hybridized carbons (Fsp3) is 1.00. The first kappa shape index (κ1) is 52.8. The lowest BCUT2D eigenvalue weighted by molar-refractivity contribution is -0.351. The highest BCUT2D eigenvalue weighted by molar-refractivity contribution is 5.27. The van der Waals surface area contributed by atoms with Gasteiger partial charge in [-0.2, -0.15) is 0 Å². The Balaban J connectivity index is 1.32. The van der Waals surface area contributed by atoms with Gasteiger partial charge < -0.3 is 0 Å². The molecule has 2 heteroatoms. The molecule has 9 aliphatic rings. The van der Waals surface area contributed by atoms with E-state index in [0.717, 1.165) is 47.8 Å². The van der Waals surface area contributed by atoms with Crippen LogP contribution in [0.4, 0.5) is 0 Å². The molecule has 0 amide bonds. The molecule has 9 saturated carbocycles. The summed E-state index contributed by atoms with van der Waals surface area (Å²) in [7, 11) is 0. The molecule has 0 radical (unpaired) electrons. The molecule has 0 bridgehead atoms. The standard InChI is InChI=1S/C66H118N2/c1-8-23-39-56(40-24-9-1)64(57-41-25-10-2-11-26-42-57)54-38-22-37-53-63-65(64,58-43-27-12-3-13-28-44-58)55-66(63,67(59-45-29-14-4-15-30-46-59)60-47-31-16-5-17-32-48-60)68(61-49-33-18-6-19-34-50-61)62-51-35-20-7-21-36-52-62/h56-63H,1-55H2. The van der Waals surface area contributed by atoms with Crippen LogP contribution in [0.1, 0.15) is 353 Å². The van der Waals surface area contributed by atoms with E-state index >= 15 is 0 Å². The van der Waals surface area contributed by atoms with Gasteiger partial charge in [-0.25, -0.2) is 0 Å². The summed E-state index contributed by atoms with van der Waals surface area (Å²) in [6.45, 7) is 0. The molecule has 9 fully saturated rings. The molecule has 0 N–H and O–H groups in total. The van der Waals surface area contributed by atoms with Gasteiger partial charge in [-0.05, 0) is 144 Å². The first-order valence-corrected chi connectivity index (χ1v) is 33.4. The highest BCUT2D eigenvalue weighted by Gasteiger charge is 2.78. The van der Waals surface area contributed by atoms with Gasteiger partial charge in [-0.15, -0.1) is 0 Å². The number of nitrogens with zero attached hydrogens (tertiary/aromatic N) is 2. The van der Waals surface area contributed by atoms with Crippen LogP contribution in [-0.4, -0.2) is 39.6 Å². The van der Waals surface area contributed by atoms with Crippen molar-refractivity contribution < 1.29 is 0 Å². The molecule has 0 heterocycles. The summed E-state index contributed by atoms with van der Waals surface area (Å²) in [4.78, 5) is 7.57. The molecule has 2 atom stereocenters. The third-order valence-corrected chi connectivity index (χ3v) is 23.5. The molecule has 68 heavy (non-hydrogen) atoms. The Morgan fingerprint density at radius 3 is 0.721 bits per heavy atom. The van der Waals surface area contributed by atoms with Crippen LogP contribution >= 0.6 is 0 Å². The summed E-state index contributed by atoms with van der Waals surface area (Å²) in [6, 6.07) is 3.29. The number of fused-ring (bicyclic) bond motifs is 1.